The van der Waals surface area contributed by atoms with Crippen LogP contribution in [0.2, 0.25) is 5.02 Å². The lowest BCUT2D eigenvalue weighted by Gasteiger charge is -2.28. The first-order valence-corrected chi connectivity index (χ1v) is 7.26. The van der Waals surface area contributed by atoms with E-state index >= 15 is 0 Å². The highest BCUT2D eigenvalue weighted by Crippen LogP contribution is 2.20. The van der Waals surface area contributed by atoms with Crippen molar-refractivity contribution < 1.29 is 4.79 Å². The maximum Gasteiger partial charge on any atom is 0.251 e. The van der Waals surface area contributed by atoms with E-state index in [-0.39, 0.29) is 11.3 Å². The highest BCUT2D eigenvalue weighted by Gasteiger charge is 2.20. The molecule has 0 atom stereocenters. The summed E-state index contributed by atoms with van der Waals surface area (Å²) < 4.78 is 0.803. The minimum absolute atomic E-state index is 0.0228. The number of hydrogen-bond acceptors (Lipinski definition) is 2. The van der Waals surface area contributed by atoms with Crippen LogP contribution >= 0.6 is 27.5 Å². The number of nitrogens with one attached hydrogen (secondary N) is 1. The average Bonchev–Trinajstić information content (AvgIpc) is 2.22. The summed E-state index contributed by atoms with van der Waals surface area (Å²) in [5.74, 6) is -0.102. The molecule has 3 nitrogen and oxygen atoms in total. The molecular formula is C14H20BrClN2O. The summed E-state index contributed by atoms with van der Waals surface area (Å²) in [6.07, 6.45) is 0. The first kappa shape index (κ1) is 16.5. The lowest BCUT2D eigenvalue weighted by molar-refractivity contribution is 0.0929. The zero-order chi connectivity index (χ0) is 14.6. The number of carbonyl (C=O) groups excluding carboxylic acids is 1. The Bertz CT molecular complexity index is 441. The fourth-order valence-electron chi connectivity index (χ4n) is 2.02. The van der Waals surface area contributed by atoms with E-state index in [2.05, 4.69) is 40.0 Å². The number of hydrogen-bond donors (Lipinski definition) is 1. The molecule has 0 fully saturated rings. The summed E-state index contributed by atoms with van der Waals surface area (Å²) >= 11 is 9.27. The number of carbonyl (C=O) groups is 1. The Morgan fingerprint density at radius 3 is 2.53 bits per heavy atom. The van der Waals surface area contributed by atoms with Crippen molar-refractivity contribution in [2.45, 2.75) is 13.8 Å². The molecule has 0 radical (unpaired) electrons. The summed E-state index contributed by atoms with van der Waals surface area (Å²) in [6.45, 7) is 5.78. The Kier molecular flexibility index (Phi) is 5.83. The van der Waals surface area contributed by atoms with Gasteiger partial charge in [-0.2, -0.15) is 0 Å². The Morgan fingerprint density at radius 2 is 2.00 bits per heavy atom. The van der Waals surface area contributed by atoms with Gasteiger partial charge in [0, 0.05) is 28.1 Å². The van der Waals surface area contributed by atoms with E-state index in [1.807, 2.05) is 14.1 Å². The highest BCUT2D eigenvalue weighted by atomic mass is 79.9. The highest BCUT2D eigenvalue weighted by molar-refractivity contribution is 9.10. The van der Waals surface area contributed by atoms with E-state index in [1.54, 1.807) is 18.2 Å². The maximum absolute atomic E-state index is 12.1. The van der Waals surface area contributed by atoms with Crippen LogP contribution in [0.15, 0.2) is 22.7 Å². The molecule has 0 saturated carbocycles. The second-order valence-electron chi connectivity index (χ2n) is 5.74. The number of nitrogens with zero attached hydrogens (tertiary/aromatic N) is 1. The van der Waals surface area contributed by atoms with Crippen molar-refractivity contribution in [1.29, 1.82) is 0 Å². The minimum Gasteiger partial charge on any atom is -0.351 e. The van der Waals surface area contributed by atoms with Gasteiger partial charge in [0.2, 0.25) is 0 Å². The van der Waals surface area contributed by atoms with Gasteiger partial charge in [-0.3, -0.25) is 4.79 Å². The van der Waals surface area contributed by atoms with Crippen molar-refractivity contribution in [1.82, 2.24) is 10.2 Å². The van der Waals surface area contributed by atoms with Gasteiger partial charge in [0.15, 0.2) is 0 Å². The van der Waals surface area contributed by atoms with E-state index in [0.717, 1.165) is 11.0 Å². The van der Waals surface area contributed by atoms with Crippen LogP contribution in [0.3, 0.4) is 0 Å². The Morgan fingerprint density at radius 1 is 1.37 bits per heavy atom. The lowest BCUT2D eigenvalue weighted by Crippen LogP contribution is -2.39. The van der Waals surface area contributed by atoms with E-state index in [1.165, 1.54) is 0 Å². The summed E-state index contributed by atoms with van der Waals surface area (Å²) in [5.41, 5.74) is 0.592. The molecule has 1 amide bonds. The van der Waals surface area contributed by atoms with Crippen LogP contribution in [0.5, 0.6) is 0 Å². The Labute approximate surface area is 128 Å². The lowest BCUT2D eigenvalue weighted by atomic mass is 9.93. The van der Waals surface area contributed by atoms with Gasteiger partial charge in [-0.15, -0.1) is 0 Å². The monoisotopic (exact) mass is 346 g/mol. The smallest absolute Gasteiger partial charge is 0.251 e. The average molecular weight is 348 g/mol. The maximum atomic E-state index is 12.1. The van der Waals surface area contributed by atoms with Gasteiger partial charge < -0.3 is 10.2 Å². The summed E-state index contributed by atoms with van der Waals surface area (Å²) in [7, 11) is 4.05. The van der Waals surface area contributed by atoms with Crippen LogP contribution in [0.4, 0.5) is 0 Å². The fourth-order valence-corrected chi connectivity index (χ4v) is 2.88. The van der Waals surface area contributed by atoms with Gasteiger partial charge in [-0.1, -0.05) is 41.4 Å². The van der Waals surface area contributed by atoms with Gasteiger partial charge in [0.1, 0.15) is 0 Å². The molecule has 0 aliphatic carbocycles. The van der Waals surface area contributed by atoms with Crippen LogP contribution in [-0.2, 0) is 0 Å². The van der Waals surface area contributed by atoms with Crippen LogP contribution in [-0.4, -0.2) is 38.0 Å². The molecule has 1 aromatic carbocycles. The van der Waals surface area contributed by atoms with Crippen molar-refractivity contribution in [3.8, 4) is 0 Å². The van der Waals surface area contributed by atoms with E-state index < -0.39 is 0 Å². The molecule has 19 heavy (non-hydrogen) atoms. The molecule has 0 bridgehead atoms. The third kappa shape index (κ3) is 5.93. The fraction of sp³-hybridized carbons (Fsp3) is 0.500. The molecule has 0 aliphatic rings. The van der Waals surface area contributed by atoms with E-state index in [9.17, 15) is 4.79 Å². The molecule has 0 heterocycles. The molecule has 5 heteroatoms. The van der Waals surface area contributed by atoms with Gasteiger partial charge in [0.25, 0.3) is 5.91 Å². The third-order valence-corrected chi connectivity index (χ3v) is 3.27. The van der Waals surface area contributed by atoms with E-state index in [0.29, 0.717) is 17.1 Å². The Balaban J connectivity index is 2.65. The van der Waals surface area contributed by atoms with Crippen molar-refractivity contribution >= 4 is 33.4 Å². The standard InChI is InChI=1S/C14H20BrClN2O/c1-14(2,9-18(3)4)8-17-13(19)10-5-11(15)7-12(16)6-10/h5-7H,8-9H2,1-4H3,(H,17,19). The van der Waals surface area contributed by atoms with Crippen LogP contribution < -0.4 is 5.32 Å². The predicted octanol–water partition coefficient (Wildman–Crippen LogP) is 3.42. The summed E-state index contributed by atoms with van der Waals surface area (Å²) in [5, 5.41) is 3.50. The molecule has 0 aromatic heterocycles. The number of rotatable bonds is 5. The molecule has 106 valence electrons. The molecule has 0 aliphatic heterocycles. The largest absolute Gasteiger partial charge is 0.351 e. The number of halogens is 2. The minimum atomic E-state index is -0.102. The predicted molar refractivity (Wildman–Crippen MR) is 83.8 cm³/mol. The second kappa shape index (κ2) is 6.73. The molecule has 1 N–H and O–H groups in total. The topological polar surface area (TPSA) is 32.3 Å². The van der Waals surface area contributed by atoms with Crippen LogP contribution in [0, 0.1) is 5.41 Å². The van der Waals surface area contributed by atoms with Crippen molar-refractivity contribution in [2.24, 2.45) is 5.41 Å². The van der Waals surface area contributed by atoms with Crippen molar-refractivity contribution in [2.75, 3.05) is 27.2 Å². The first-order chi connectivity index (χ1) is 8.69. The van der Waals surface area contributed by atoms with Gasteiger partial charge in [0.05, 0.1) is 0 Å². The molecule has 1 rings (SSSR count). The molecular weight excluding hydrogens is 328 g/mol. The van der Waals surface area contributed by atoms with Crippen molar-refractivity contribution in [3.05, 3.63) is 33.3 Å². The zero-order valence-corrected chi connectivity index (χ0v) is 14.1. The zero-order valence-electron chi connectivity index (χ0n) is 11.8. The summed E-state index contributed by atoms with van der Waals surface area (Å²) in [4.78, 5) is 14.2. The van der Waals surface area contributed by atoms with Crippen LogP contribution in [0.1, 0.15) is 24.2 Å². The first-order valence-electron chi connectivity index (χ1n) is 6.09. The van der Waals surface area contributed by atoms with Gasteiger partial charge in [-0.05, 0) is 37.7 Å². The van der Waals surface area contributed by atoms with Gasteiger partial charge in [-0.25, -0.2) is 0 Å². The quantitative estimate of drug-likeness (QED) is 0.885. The van der Waals surface area contributed by atoms with E-state index in [4.69, 9.17) is 11.6 Å². The second-order valence-corrected chi connectivity index (χ2v) is 7.09. The summed E-state index contributed by atoms with van der Waals surface area (Å²) in [6, 6.07) is 5.19. The molecule has 0 unspecified atom stereocenters. The Hall–Kier alpha value is -0.580. The SMILES string of the molecule is CN(C)CC(C)(C)CNC(=O)c1cc(Cl)cc(Br)c1. The third-order valence-electron chi connectivity index (χ3n) is 2.60. The van der Waals surface area contributed by atoms with Crippen LogP contribution in [0.25, 0.3) is 0 Å². The number of benzene rings is 1. The normalized spacial score (nSPS) is 11.7. The molecule has 0 saturated heterocycles. The van der Waals surface area contributed by atoms with Gasteiger partial charge >= 0.3 is 0 Å². The molecule has 1 aromatic rings. The number of amides is 1. The van der Waals surface area contributed by atoms with Crippen molar-refractivity contribution in [3.63, 3.8) is 0 Å². The molecule has 0 spiro atoms.